The lowest BCUT2D eigenvalue weighted by Gasteiger charge is -2.17. The first kappa shape index (κ1) is 22.1. The van der Waals surface area contributed by atoms with E-state index in [1.165, 1.54) is 0 Å². The van der Waals surface area contributed by atoms with E-state index in [1.807, 2.05) is 31.2 Å². The summed E-state index contributed by atoms with van der Waals surface area (Å²) in [6.45, 7) is 2.18. The highest BCUT2D eigenvalue weighted by molar-refractivity contribution is 6.11. The van der Waals surface area contributed by atoms with E-state index < -0.39 is 5.92 Å². The third-order valence-electron chi connectivity index (χ3n) is 5.70. The van der Waals surface area contributed by atoms with Gasteiger partial charge in [0.2, 0.25) is 11.8 Å². The van der Waals surface area contributed by atoms with Gasteiger partial charge in [0.1, 0.15) is 5.75 Å². The Bertz CT molecular complexity index is 1190. The van der Waals surface area contributed by atoms with Gasteiger partial charge in [0.05, 0.1) is 24.3 Å². The third-order valence-corrected chi connectivity index (χ3v) is 5.70. The monoisotopic (exact) mass is 443 g/mol. The van der Waals surface area contributed by atoms with Crippen molar-refractivity contribution in [2.45, 2.75) is 13.3 Å². The molecule has 0 saturated carbocycles. The lowest BCUT2D eigenvalue weighted by Crippen LogP contribution is -2.28. The standard InChI is InChI=1S/C26H25N3O4/c1-17-7-3-5-9-22(17)27-26(32)21-8-4-6-10-23(21)28-25(31)18-15-24(30)29(16-18)19-11-13-20(33-2)14-12-19/h3-14,18H,15-16H2,1-2H3,(H,27,32)(H,28,31)/t18-/m0/s1. The molecule has 3 aromatic rings. The Morgan fingerprint density at radius 2 is 1.58 bits per heavy atom. The maximum Gasteiger partial charge on any atom is 0.257 e. The maximum absolute atomic E-state index is 13.0. The molecule has 0 aliphatic carbocycles. The highest BCUT2D eigenvalue weighted by Crippen LogP contribution is 2.28. The van der Waals surface area contributed by atoms with Crippen LogP contribution in [0.1, 0.15) is 22.3 Å². The number of benzene rings is 3. The van der Waals surface area contributed by atoms with Gasteiger partial charge >= 0.3 is 0 Å². The van der Waals surface area contributed by atoms with Crippen molar-refractivity contribution in [3.05, 3.63) is 83.9 Å². The molecule has 0 spiro atoms. The van der Waals surface area contributed by atoms with Crippen LogP contribution in [0.15, 0.2) is 72.8 Å². The van der Waals surface area contributed by atoms with Gasteiger partial charge in [-0.05, 0) is 55.0 Å². The Labute approximate surface area is 192 Å². The van der Waals surface area contributed by atoms with Crippen molar-refractivity contribution in [2.24, 2.45) is 5.92 Å². The van der Waals surface area contributed by atoms with Gasteiger partial charge in [-0.15, -0.1) is 0 Å². The van der Waals surface area contributed by atoms with Gasteiger partial charge in [-0.1, -0.05) is 30.3 Å². The van der Waals surface area contributed by atoms with Gasteiger partial charge in [0.25, 0.3) is 5.91 Å². The molecule has 7 heteroatoms. The number of rotatable bonds is 6. The highest BCUT2D eigenvalue weighted by atomic mass is 16.5. The van der Waals surface area contributed by atoms with Crippen LogP contribution in [0.2, 0.25) is 0 Å². The zero-order valence-corrected chi connectivity index (χ0v) is 18.5. The van der Waals surface area contributed by atoms with Crippen LogP contribution in [-0.2, 0) is 9.59 Å². The van der Waals surface area contributed by atoms with Crippen LogP contribution in [0.5, 0.6) is 5.75 Å². The van der Waals surface area contributed by atoms with Crippen molar-refractivity contribution in [3.63, 3.8) is 0 Å². The summed E-state index contributed by atoms with van der Waals surface area (Å²) < 4.78 is 5.16. The fourth-order valence-electron chi connectivity index (χ4n) is 3.82. The van der Waals surface area contributed by atoms with Crippen molar-refractivity contribution in [2.75, 3.05) is 29.2 Å². The molecule has 1 atom stereocenters. The number of anilines is 3. The average Bonchev–Trinajstić information content (AvgIpc) is 3.22. The van der Waals surface area contributed by atoms with E-state index in [0.717, 1.165) is 5.56 Å². The van der Waals surface area contributed by atoms with Crippen molar-refractivity contribution in [1.29, 1.82) is 0 Å². The van der Waals surface area contributed by atoms with E-state index in [9.17, 15) is 14.4 Å². The SMILES string of the molecule is COc1ccc(N2C[C@@H](C(=O)Nc3ccccc3C(=O)Nc3ccccc3C)CC2=O)cc1. The number of nitrogens with one attached hydrogen (secondary N) is 2. The number of aryl methyl sites for hydroxylation is 1. The van der Waals surface area contributed by atoms with E-state index in [0.29, 0.717) is 28.4 Å². The Kier molecular flexibility index (Phi) is 6.40. The largest absolute Gasteiger partial charge is 0.497 e. The lowest BCUT2D eigenvalue weighted by molar-refractivity contribution is -0.122. The summed E-state index contributed by atoms with van der Waals surface area (Å²) in [5, 5.41) is 5.74. The summed E-state index contributed by atoms with van der Waals surface area (Å²) in [4.78, 5) is 40.0. The minimum Gasteiger partial charge on any atom is -0.497 e. The van der Waals surface area contributed by atoms with Crippen LogP contribution in [0.3, 0.4) is 0 Å². The molecular weight excluding hydrogens is 418 g/mol. The van der Waals surface area contributed by atoms with Gasteiger partial charge < -0.3 is 20.3 Å². The Hall–Kier alpha value is -4.13. The molecule has 1 fully saturated rings. The van der Waals surface area contributed by atoms with Gasteiger partial charge in [-0.25, -0.2) is 0 Å². The van der Waals surface area contributed by atoms with E-state index in [-0.39, 0.29) is 30.7 Å². The summed E-state index contributed by atoms with van der Waals surface area (Å²) in [6, 6.07) is 21.5. The van der Waals surface area contributed by atoms with Crippen LogP contribution in [-0.4, -0.2) is 31.4 Å². The number of methoxy groups -OCH3 is 1. The molecule has 1 aliphatic rings. The number of carbonyl (C=O) groups excluding carboxylic acids is 3. The molecule has 3 aromatic carbocycles. The lowest BCUT2D eigenvalue weighted by atomic mass is 10.1. The first-order chi connectivity index (χ1) is 16.0. The van der Waals surface area contributed by atoms with Gasteiger partial charge in [-0.3, -0.25) is 14.4 Å². The predicted octanol–water partition coefficient (Wildman–Crippen LogP) is 4.25. The number of amides is 3. The molecule has 1 aliphatic heterocycles. The molecular formula is C26H25N3O4. The van der Waals surface area contributed by atoms with E-state index >= 15 is 0 Å². The maximum atomic E-state index is 13.0. The molecule has 2 N–H and O–H groups in total. The van der Waals surface area contributed by atoms with Crippen LogP contribution >= 0.6 is 0 Å². The molecule has 0 aromatic heterocycles. The Morgan fingerprint density at radius 1 is 0.909 bits per heavy atom. The summed E-state index contributed by atoms with van der Waals surface area (Å²) >= 11 is 0. The van der Waals surface area contributed by atoms with Crippen LogP contribution in [0.4, 0.5) is 17.1 Å². The summed E-state index contributed by atoms with van der Waals surface area (Å²) in [5.41, 5.74) is 3.12. The zero-order valence-electron chi connectivity index (χ0n) is 18.5. The van der Waals surface area contributed by atoms with Gasteiger partial charge in [-0.2, -0.15) is 0 Å². The van der Waals surface area contributed by atoms with Crippen LogP contribution in [0, 0.1) is 12.8 Å². The number of ether oxygens (including phenoxy) is 1. The molecule has 168 valence electrons. The smallest absolute Gasteiger partial charge is 0.257 e. The topological polar surface area (TPSA) is 87.7 Å². The summed E-state index contributed by atoms with van der Waals surface area (Å²) in [7, 11) is 1.58. The van der Waals surface area contributed by atoms with Gasteiger partial charge in [0, 0.05) is 24.3 Å². The van der Waals surface area contributed by atoms with E-state index in [2.05, 4.69) is 10.6 Å². The number of nitrogens with zero attached hydrogens (tertiary/aromatic N) is 1. The summed E-state index contributed by atoms with van der Waals surface area (Å²) in [6.07, 6.45) is 0.107. The number of carbonyl (C=O) groups is 3. The molecule has 4 rings (SSSR count). The van der Waals surface area contributed by atoms with Crippen molar-refractivity contribution >= 4 is 34.8 Å². The van der Waals surface area contributed by atoms with Crippen molar-refractivity contribution in [3.8, 4) is 5.75 Å². The molecule has 33 heavy (non-hydrogen) atoms. The molecule has 0 bridgehead atoms. The first-order valence-corrected chi connectivity index (χ1v) is 10.7. The normalized spacial score (nSPS) is 15.3. The molecule has 7 nitrogen and oxygen atoms in total. The molecule has 0 radical (unpaired) electrons. The average molecular weight is 444 g/mol. The van der Waals surface area contributed by atoms with Crippen LogP contribution < -0.4 is 20.3 Å². The zero-order chi connectivity index (χ0) is 23.4. The van der Waals surface area contributed by atoms with Crippen molar-refractivity contribution in [1.82, 2.24) is 0 Å². The van der Waals surface area contributed by atoms with E-state index in [4.69, 9.17) is 4.74 Å². The highest BCUT2D eigenvalue weighted by Gasteiger charge is 2.35. The van der Waals surface area contributed by atoms with Crippen molar-refractivity contribution < 1.29 is 19.1 Å². The Balaban J connectivity index is 1.46. The number of hydrogen-bond acceptors (Lipinski definition) is 4. The molecule has 3 amide bonds. The Morgan fingerprint density at radius 3 is 2.27 bits per heavy atom. The first-order valence-electron chi connectivity index (χ1n) is 10.7. The number of hydrogen-bond donors (Lipinski definition) is 2. The quantitative estimate of drug-likeness (QED) is 0.596. The van der Waals surface area contributed by atoms with Crippen LogP contribution in [0.25, 0.3) is 0 Å². The molecule has 1 heterocycles. The predicted molar refractivity (Wildman–Crippen MR) is 128 cm³/mol. The summed E-state index contributed by atoms with van der Waals surface area (Å²) in [5.74, 6) is -0.559. The third kappa shape index (κ3) is 4.87. The minimum absolute atomic E-state index is 0.107. The fraction of sp³-hybridized carbons (Fsp3) is 0.192. The van der Waals surface area contributed by atoms with E-state index in [1.54, 1.807) is 60.5 Å². The van der Waals surface area contributed by atoms with Gasteiger partial charge in [0.15, 0.2) is 0 Å². The number of para-hydroxylation sites is 2. The second-order valence-corrected chi connectivity index (χ2v) is 7.91. The minimum atomic E-state index is -0.521. The fourth-order valence-corrected chi connectivity index (χ4v) is 3.82. The second-order valence-electron chi connectivity index (χ2n) is 7.91. The molecule has 1 saturated heterocycles. The molecule has 0 unspecified atom stereocenters. The second kappa shape index (κ2) is 9.56.